The van der Waals surface area contributed by atoms with Crippen LogP contribution in [-0.4, -0.2) is 9.78 Å². The minimum absolute atomic E-state index is 0.0358. The van der Waals surface area contributed by atoms with Crippen LogP contribution in [0, 0.1) is 0 Å². The van der Waals surface area contributed by atoms with E-state index in [9.17, 15) is 13.2 Å². The zero-order chi connectivity index (χ0) is 15.2. The van der Waals surface area contributed by atoms with Crippen molar-refractivity contribution in [3.63, 3.8) is 0 Å². The number of halogens is 4. The maximum atomic E-state index is 13.2. The number of aromatic nitrogens is 2. The molecule has 7 heteroatoms. The molecule has 2 N–H and O–H groups in total. The second-order valence-corrected chi connectivity index (χ2v) is 5.45. The number of anilines is 1. The van der Waals surface area contributed by atoms with Crippen molar-refractivity contribution in [3.05, 3.63) is 52.6 Å². The van der Waals surface area contributed by atoms with Crippen molar-refractivity contribution in [2.75, 3.05) is 5.73 Å². The van der Waals surface area contributed by atoms with E-state index in [0.29, 0.717) is 15.7 Å². The van der Waals surface area contributed by atoms with Crippen LogP contribution in [0.4, 0.5) is 18.9 Å². The Kier molecular flexibility index (Phi) is 3.16. The van der Waals surface area contributed by atoms with Gasteiger partial charge in [-0.2, -0.15) is 18.3 Å². The summed E-state index contributed by atoms with van der Waals surface area (Å²) in [4.78, 5) is 0. The predicted molar refractivity (Wildman–Crippen MR) is 78.2 cm³/mol. The number of nitrogens with two attached hydrogens (primary N) is 1. The first-order chi connectivity index (χ1) is 9.86. The van der Waals surface area contributed by atoms with E-state index in [0.717, 1.165) is 11.5 Å². The Hall–Kier alpha value is -2.02. The Morgan fingerprint density at radius 3 is 2.57 bits per heavy atom. The highest BCUT2D eigenvalue weighted by Crippen LogP contribution is 2.36. The van der Waals surface area contributed by atoms with Crippen LogP contribution in [0.1, 0.15) is 5.56 Å². The lowest BCUT2D eigenvalue weighted by Gasteiger charge is -2.14. The van der Waals surface area contributed by atoms with E-state index in [2.05, 4.69) is 21.0 Å². The second-order valence-electron chi connectivity index (χ2n) is 4.53. The first kappa shape index (κ1) is 13.9. The Labute approximate surface area is 126 Å². The number of rotatable bonds is 1. The zero-order valence-electron chi connectivity index (χ0n) is 10.5. The molecule has 3 rings (SSSR count). The molecule has 108 valence electrons. The summed E-state index contributed by atoms with van der Waals surface area (Å²) in [5, 5.41) is 4.78. The number of nitrogen functional groups attached to an aromatic ring is 1. The van der Waals surface area contributed by atoms with Crippen molar-refractivity contribution in [2.45, 2.75) is 6.18 Å². The summed E-state index contributed by atoms with van der Waals surface area (Å²) in [5.41, 5.74) is 5.91. The fraction of sp³-hybridized carbons (Fsp3) is 0.0714. The summed E-state index contributed by atoms with van der Waals surface area (Å²) in [6, 6.07) is 8.97. The van der Waals surface area contributed by atoms with Crippen molar-refractivity contribution in [2.24, 2.45) is 0 Å². The Morgan fingerprint density at radius 2 is 1.86 bits per heavy atom. The van der Waals surface area contributed by atoms with Crippen LogP contribution in [0.5, 0.6) is 0 Å². The van der Waals surface area contributed by atoms with Gasteiger partial charge >= 0.3 is 6.18 Å². The molecule has 0 amide bonds. The minimum atomic E-state index is -4.47. The topological polar surface area (TPSA) is 43.8 Å². The van der Waals surface area contributed by atoms with Crippen molar-refractivity contribution < 1.29 is 13.2 Å². The summed E-state index contributed by atoms with van der Waals surface area (Å²) < 4.78 is 41.2. The van der Waals surface area contributed by atoms with Crippen LogP contribution in [-0.2, 0) is 6.18 Å². The average molecular weight is 356 g/mol. The molecule has 1 heterocycles. The second kappa shape index (κ2) is 4.77. The highest BCUT2D eigenvalue weighted by atomic mass is 79.9. The first-order valence-corrected chi connectivity index (χ1v) is 6.76. The van der Waals surface area contributed by atoms with E-state index < -0.39 is 11.7 Å². The van der Waals surface area contributed by atoms with E-state index in [1.165, 1.54) is 16.9 Å². The SMILES string of the molecule is Nc1ccc2cnn(-c3ccc(Br)cc3C(F)(F)F)c2c1. The van der Waals surface area contributed by atoms with Crippen LogP contribution in [0.2, 0.25) is 0 Å². The third-order valence-corrected chi connectivity index (χ3v) is 3.58. The van der Waals surface area contributed by atoms with Gasteiger partial charge < -0.3 is 5.73 Å². The molecule has 0 atom stereocenters. The van der Waals surface area contributed by atoms with Gasteiger partial charge in [0.1, 0.15) is 0 Å². The predicted octanol–water partition coefficient (Wildman–Crippen LogP) is 4.39. The lowest BCUT2D eigenvalue weighted by molar-refractivity contribution is -0.137. The zero-order valence-corrected chi connectivity index (χ0v) is 12.1. The van der Waals surface area contributed by atoms with Gasteiger partial charge in [-0.25, -0.2) is 4.68 Å². The smallest absolute Gasteiger partial charge is 0.399 e. The summed E-state index contributed by atoms with van der Waals surface area (Å²) >= 11 is 3.06. The van der Waals surface area contributed by atoms with Gasteiger partial charge in [0.05, 0.1) is 23.0 Å². The third-order valence-electron chi connectivity index (χ3n) is 3.09. The number of nitrogens with zero attached hydrogens (tertiary/aromatic N) is 2. The van der Waals surface area contributed by atoms with Crippen LogP contribution < -0.4 is 5.73 Å². The maximum Gasteiger partial charge on any atom is 0.418 e. The van der Waals surface area contributed by atoms with Crippen LogP contribution >= 0.6 is 15.9 Å². The molecule has 1 aromatic heterocycles. The highest BCUT2D eigenvalue weighted by Gasteiger charge is 2.34. The van der Waals surface area contributed by atoms with Crippen LogP contribution in [0.3, 0.4) is 0 Å². The van der Waals surface area contributed by atoms with E-state index >= 15 is 0 Å². The molecule has 21 heavy (non-hydrogen) atoms. The molecule has 0 unspecified atom stereocenters. The molecule has 3 aromatic rings. The van der Waals surface area contributed by atoms with E-state index in [1.807, 2.05) is 0 Å². The van der Waals surface area contributed by atoms with Crippen molar-refractivity contribution in [3.8, 4) is 5.69 Å². The average Bonchev–Trinajstić information content (AvgIpc) is 2.80. The van der Waals surface area contributed by atoms with Gasteiger partial charge in [-0.1, -0.05) is 15.9 Å². The lowest BCUT2D eigenvalue weighted by Crippen LogP contribution is -2.11. The van der Waals surface area contributed by atoms with Gasteiger partial charge in [-0.3, -0.25) is 0 Å². The molecule has 0 saturated heterocycles. The molecule has 0 spiro atoms. The molecule has 0 fully saturated rings. The number of benzene rings is 2. The molecule has 3 nitrogen and oxygen atoms in total. The quantitative estimate of drug-likeness (QED) is 0.658. The Bertz CT molecular complexity index is 824. The van der Waals surface area contributed by atoms with E-state index in [4.69, 9.17) is 5.73 Å². The third kappa shape index (κ3) is 2.49. The lowest BCUT2D eigenvalue weighted by atomic mass is 10.1. The molecule has 0 bridgehead atoms. The Morgan fingerprint density at radius 1 is 1.10 bits per heavy atom. The summed E-state index contributed by atoms with van der Waals surface area (Å²) in [5.74, 6) is 0. The molecule has 2 aromatic carbocycles. The number of alkyl halides is 3. The van der Waals surface area contributed by atoms with Gasteiger partial charge in [-0.15, -0.1) is 0 Å². The van der Waals surface area contributed by atoms with Gasteiger partial charge in [-0.05, 0) is 36.4 Å². The highest BCUT2D eigenvalue weighted by molar-refractivity contribution is 9.10. The maximum absolute atomic E-state index is 13.2. The van der Waals surface area contributed by atoms with E-state index in [-0.39, 0.29) is 5.69 Å². The molecule has 0 aliphatic rings. The number of fused-ring (bicyclic) bond motifs is 1. The van der Waals surface area contributed by atoms with Gasteiger partial charge in [0.25, 0.3) is 0 Å². The molecular formula is C14H9BrF3N3. The number of hydrogen-bond acceptors (Lipinski definition) is 2. The standard InChI is InChI=1S/C14H9BrF3N3/c15-9-2-4-12(11(5-9)14(16,17)18)21-13-6-10(19)3-1-8(13)7-20-21/h1-7H,19H2. The van der Waals surface area contributed by atoms with Crippen molar-refractivity contribution in [1.82, 2.24) is 9.78 Å². The van der Waals surface area contributed by atoms with Crippen LogP contribution in [0.15, 0.2) is 47.1 Å². The molecule has 0 radical (unpaired) electrons. The number of hydrogen-bond donors (Lipinski definition) is 1. The molecule has 0 aliphatic carbocycles. The minimum Gasteiger partial charge on any atom is -0.399 e. The normalized spacial score (nSPS) is 12.0. The Balaban J connectivity index is 2.30. The van der Waals surface area contributed by atoms with Crippen molar-refractivity contribution >= 4 is 32.5 Å². The van der Waals surface area contributed by atoms with Crippen LogP contribution in [0.25, 0.3) is 16.6 Å². The fourth-order valence-corrected chi connectivity index (χ4v) is 2.51. The summed E-state index contributed by atoms with van der Waals surface area (Å²) in [6.07, 6.45) is -2.96. The molecule has 0 aliphatic heterocycles. The van der Waals surface area contributed by atoms with Gasteiger partial charge in [0.2, 0.25) is 0 Å². The largest absolute Gasteiger partial charge is 0.418 e. The molecule has 0 saturated carbocycles. The summed E-state index contributed by atoms with van der Waals surface area (Å²) in [7, 11) is 0. The monoisotopic (exact) mass is 355 g/mol. The van der Waals surface area contributed by atoms with Gasteiger partial charge in [0.15, 0.2) is 0 Å². The summed E-state index contributed by atoms with van der Waals surface area (Å²) in [6.45, 7) is 0. The van der Waals surface area contributed by atoms with Crippen molar-refractivity contribution in [1.29, 1.82) is 0 Å². The van der Waals surface area contributed by atoms with E-state index in [1.54, 1.807) is 24.3 Å². The fourth-order valence-electron chi connectivity index (χ4n) is 2.15. The first-order valence-electron chi connectivity index (χ1n) is 5.96. The van der Waals surface area contributed by atoms with Gasteiger partial charge in [0, 0.05) is 15.5 Å². The molecular weight excluding hydrogens is 347 g/mol.